The lowest BCUT2D eigenvalue weighted by Crippen LogP contribution is -2.08. The Hall–Kier alpha value is -0.630. The van der Waals surface area contributed by atoms with Crippen LogP contribution < -0.4 is 0 Å². The third-order valence-corrected chi connectivity index (χ3v) is 1.24. The molecule has 0 aliphatic rings. The van der Waals surface area contributed by atoms with Crippen molar-refractivity contribution in [2.45, 2.75) is 26.2 Å². The predicted octanol–water partition coefficient (Wildman–Crippen LogP) is 1.95. The summed E-state index contributed by atoms with van der Waals surface area (Å²) in [5, 5.41) is 0. The van der Waals surface area contributed by atoms with E-state index in [1.807, 2.05) is 6.92 Å². The van der Waals surface area contributed by atoms with Crippen molar-refractivity contribution in [3.8, 4) is 0 Å². The maximum atomic E-state index is 10.9. The number of ether oxygens (including phenoxy) is 1. The Morgan fingerprint density at radius 2 is 2.36 bits per heavy atom. The minimum atomic E-state index is 0.165. The summed E-state index contributed by atoms with van der Waals surface area (Å²) in [4.78, 5) is 10.9. The number of rotatable bonds is 7. The van der Waals surface area contributed by atoms with Crippen LogP contribution in [0.25, 0.3) is 0 Å². The van der Waals surface area contributed by atoms with Crippen molar-refractivity contribution >= 4 is 5.78 Å². The lowest BCUT2D eigenvalue weighted by Gasteiger charge is -1.99. The molecule has 0 aromatic heterocycles. The fourth-order valence-electron chi connectivity index (χ4n) is 0.666. The first-order valence-corrected chi connectivity index (χ1v) is 4.01. The van der Waals surface area contributed by atoms with Crippen LogP contribution in [-0.4, -0.2) is 19.0 Å². The summed E-state index contributed by atoms with van der Waals surface area (Å²) in [5.41, 5.74) is 0. The summed E-state index contributed by atoms with van der Waals surface area (Å²) in [6.07, 6.45) is 4.04. The molecule has 0 heterocycles. The second-order valence-corrected chi connectivity index (χ2v) is 2.42. The van der Waals surface area contributed by atoms with E-state index >= 15 is 0 Å². The molecule has 0 radical (unpaired) electrons. The van der Waals surface area contributed by atoms with E-state index in [0.29, 0.717) is 13.0 Å². The fourth-order valence-corrected chi connectivity index (χ4v) is 0.666. The van der Waals surface area contributed by atoms with Crippen LogP contribution in [0.2, 0.25) is 0 Å². The number of Topliss-reactive ketones (excluding diaryl/α,β-unsaturated/α-hetero) is 1. The summed E-state index contributed by atoms with van der Waals surface area (Å²) < 4.78 is 5.06. The minimum Gasteiger partial charge on any atom is -0.374 e. The van der Waals surface area contributed by atoms with Crippen molar-refractivity contribution in [2.24, 2.45) is 0 Å². The zero-order valence-electron chi connectivity index (χ0n) is 7.14. The number of carbonyl (C=O) groups is 1. The van der Waals surface area contributed by atoms with Gasteiger partial charge < -0.3 is 4.74 Å². The van der Waals surface area contributed by atoms with Crippen LogP contribution in [0.15, 0.2) is 12.7 Å². The van der Waals surface area contributed by atoms with Gasteiger partial charge in [-0.3, -0.25) is 4.79 Å². The maximum absolute atomic E-state index is 10.9. The molecular weight excluding hydrogens is 140 g/mol. The van der Waals surface area contributed by atoms with Crippen LogP contribution in [0.5, 0.6) is 0 Å². The van der Waals surface area contributed by atoms with Crippen molar-refractivity contribution in [1.82, 2.24) is 0 Å². The Morgan fingerprint density at radius 1 is 1.64 bits per heavy atom. The summed E-state index contributed by atoms with van der Waals surface area (Å²) in [6, 6.07) is 0. The molecule has 0 spiro atoms. The van der Waals surface area contributed by atoms with E-state index in [4.69, 9.17) is 4.74 Å². The highest BCUT2D eigenvalue weighted by molar-refractivity contribution is 5.79. The van der Waals surface area contributed by atoms with E-state index in [2.05, 4.69) is 6.58 Å². The van der Waals surface area contributed by atoms with Gasteiger partial charge in [-0.15, -0.1) is 6.58 Å². The Morgan fingerprint density at radius 3 is 2.91 bits per heavy atom. The molecule has 0 unspecified atom stereocenters. The largest absolute Gasteiger partial charge is 0.374 e. The number of allylic oxidation sites excluding steroid dienone is 1. The Bertz CT molecular complexity index is 119. The normalized spacial score (nSPS) is 9.55. The van der Waals surface area contributed by atoms with Crippen molar-refractivity contribution in [3.63, 3.8) is 0 Å². The number of hydrogen-bond acceptors (Lipinski definition) is 2. The van der Waals surface area contributed by atoms with Crippen molar-refractivity contribution in [3.05, 3.63) is 12.7 Å². The molecule has 0 amide bonds. The molecule has 64 valence electrons. The van der Waals surface area contributed by atoms with Gasteiger partial charge in [-0.25, -0.2) is 0 Å². The second-order valence-electron chi connectivity index (χ2n) is 2.42. The van der Waals surface area contributed by atoms with E-state index in [1.165, 1.54) is 0 Å². The molecule has 0 atom stereocenters. The van der Waals surface area contributed by atoms with Crippen LogP contribution in [0.3, 0.4) is 0 Å². The van der Waals surface area contributed by atoms with Gasteiger partial charge in [0.2, 0.25) is 0 Å². The summed E-state index contributed by atoms with van der Waals surface area (Å²) in [7, 11) is 0. The van der Waals surface area contributed by atoms with E-state index < -0.39 is 0 Å². The van der Waals surface area contributed by atoms with E-state index in [-0.39, 0.29) is 12.4 Å². The van der Waals surface area contributed by atoms with Gasteiger partial charge in [0.05, 0.1) is 0 Å². The maximum Gasteiger partial charge on any atom is 0.158 e. The van der Waals surface area contributed by atoms with Gasteiger partial charge in [0.25, 0.3) is 0 Å². The molecule has 0 rings (SSSR count). The average Bonchev–Trinajstić information content (AvgIpc) is 2.01. The van der Waals surface area contributed by atoms with Gasteiger partial charge in [-0.05, 0) is 12.8 Å². The first kappa shape index (κ1) is 10.4. The lowest BCUT2D eigenvalue weighted by molar-refractivity contribution is -0.123. The van der Waals surface area contributed by atoms with Crippen molar-refractivity contribution < 1.29 is 9.53 Å². The number of carbonyl (C=O) groups excluding carboxylic acids is 1. The van der Waals surface area contributed by atoms with Gasteiger partial charge >= 0.3 is 0 Å². The topological polar surface area (TPSA) is 26.3 Å². The van der Waals surface area contributed by atoms with Gasteiger partial charge in [0, 0.05) is 13.0 Å². The monoisotopic (exact) mass is 156 g/mol. The van der Waals surface area contributed by atoms with Gasteiger partial charge in [0.1, 0.15) is 6.61 Å². The molecule has 0 saturated carbocycles. The highest BCUT2D eigenvalue weighted by Gasteiger charge is 1.98. The van der Waals surface area contributed by atoms with Crippen LogP contribution >= 0.6 is 0 Å². The highest BCUT2D eigenvalue weighted by atomic mass is 16.5. The molecule has 0 fully saturated rings. The summed E-state index contributed by atoms with van der Waals surface area (Å²) >= 11 is 0. The Balaban J connectivity index is 3.15. The van der Waals surface area contributed by atoms with Crippen LogP contribution in [0.1, 0.15) is 26.2 Å². The minimum absolute atomic E-state index is 0.165. The molecule has 0 aromatic rings. The lowest BCUT2D eigenvalue weighted by atomic mass is 10.2. The third kappa shape index (κ3) is 7.26. The Kier molecular flexibility index (Phi) is 7.05. The van der Waals surface area contributed by atoms with E-state index in [0.717, 1.165) is 12.8 Å². The zero-order valence-corrected chi connectivity index (χ0v) is 7.14. The van der Waals surface area contributed by atoms with Gasteiger partial charge in [-0.2, -0.15) is 0 Å². The smallest absolute Gasteiger partial charge is 0.158 e. The number of hydrogen-bond donors (Lipinski definition) is 0. The van der Waals surface area contributed by atoms with Crippen LogP contribution in [0.4, 0.5) is 0 Å². The second kappa shape index (κ2) is 7.48. The number of ketones is 1. The molecule has 0 N–H and O–H groups in total. The fraction of sp³-hybridized carbons (Fsp3) is 0.667. The van der Waals surface area contributed by atoms with E-state index in [9.17, 15) is 4.79 Å². The molecule has 0 saturated heterocycles. The van der Waals surface area contributed by atoms with Crippen LogP contribution in [0, 0.1) is 0 Å². The van der Waals surface area contributed by atoms with Crippen molar-refractivity contribution in [2.75, 3.05) is 13.2 Å². The molecule has 0 aliphatic heterocycles. The zero-order chi connectivity index (χ0) is 8.53. The van der Waals surface area contributed by atoms with E-state index in [1.54, 1.807) is 6.08 Å². The predicted molar refractivity (Wildman–Crippen MR) is 45.5 cm³/mol. The first-order chi connectivity index (χ1) is 5.31. The summed E-state index contributed by atoms with van der Waals surface area (Å²) in [5.74, 6) is 0.165. The van der Waals surface area contributed by atoms with Gasteiger partial charge in [-0.1, -0.05) is 13.0 Å². The quantitative estimate of drug-likeness (QED) is 0.416. The first-order valence-electron chi connectivity index (χ1n) is 4.01. The molecule has 2 heteroatoms. The standard InChI is InChI=1S/C9H16O2/c1-3-5-6-9(10)8-11-7-4-2/h3H,1,4-8H2,2H3. The molecule has 0 aliphatic carbocycles. The SMILES string of the molecule is C=CCCC(=O)COCCC. The molecule has 0 bridgehead atoms. The molecule has 11 heavy (non-hydrogen) atoms. The third-order valence-electron chi connectivity index (χ3n) is 1.24. The van der Waals surface area contributed by atoms with Crippen LogP contribution in [-0.2, 0) is 9.53 Å². The van der Waals surface area contributed by atoms with Gasteiger partial charge in [0.15, 0.2) is 5.78 Å². The molecular formula is C9H16O2. The van der Waals surface area contributed by atoms with Crippen molar-refractivity contribution in [1.29, 1.82) is 0 Å². The highest BCUT2D eigenvalue weighted by Crippen LogP contribution is 1.92. The molecule has 0 aromatic carbocycles. The molecule has 2 nitrogen and oxygen atoms in total. The summed E-state index contributed by atoms with van der Waals surface area (Å²) in [6.45, 7) is 6.50. The Labute approximate surface area is 68.2 Å². The average molecular weight is 156 g/mol.